The van der Waals surface area contributed by atoms with E-state index in [1.807, 2.05) is 0 Å². The molecule has 2 rings (SSSR count). The standard InChI is InChI=1S/C8H16OSi.C4H10OSi/c1-3-8(2)10-7-5-4-6-9-10;1-2-4-6-5-3-1/h3,10H,4-7H2,1-2H3;1-4,6H2/b8-3+;. The third kappa shape index (κ3) is 5.98. The minimum atomic E-state index is -0.859. The average Bonchev–Trinajstić information content (AvgIpc) is 2.41. The van der Waals surface area contributed by atoms with Crippen LogP contribution in [0.3, 0.4) is 0 Å². The molecule has 0 aromatic rings. The Hall–Kier alpha value is 0.0938. The molecule has 16 heavy (non-hydrogen) atoms. The van der Waals surface area contributed by atoms with Crippen LogP contribution in [0.2, 0.25) is 12.1 Å². The molecule has 0 aromatic heterocycles. The third-order valence-electron chi connectivity index (χ3n) is 3.22. The molecular formula is C12H26O2Si2. The van der Waals surface area contributed by atoms with Crippen molar-refractivity contribution in [2.75, 3.05) is 13.2 Å². The van der Waals surface area contributed by atoms with Crippen molar-refractivity contribution in [2.45, 2.75) is 51.6 Å². The number of hydrogen-bond acceptors (Lipinski definition) is 2. The van der Waals surface area contributed by atoms with Crippen LogP contribution in [0.5, 0.6) is 0 Å². The van der Waals surface area contributed by atoms with Crippen molar-refractivity contribution in [2.24, 2.45) is 0 Å². The molecule has 0 radical (unpaired) electrons. The highest BCUT2D eigenvalue weighted by molar-refractivity contribution is 6.60. The van der Waals surface area contributed by atoms with Gasteiger partial charge in [-0.3, -0.25) is 0 Å². The van der Waals surface area contributed by atoms with Crippen LogP contribution in [0.1, 0.15) is 39.5 Å². The molecule has 0 bridgehead atoms. The number of rotatable bonds is 1. The van der Waals surface area contributed by atoms with Crippen LogP contribution < -0.4 is 0 Å². The highest BCUT2D eigenvalue weighted by Gasteiger charge is 2.16. The van der Waals surface area contributed by atoms with Crippen LogP contribution in [-0.4, -0.2) is 32.0 Å². The maximum absolute atomic E-state index is 5.70. The minimum absolute atomic E-state index is 0.00849. The summed E-state index contributed by atoms with van der Waals surface area (Å²) in [5.41, 5.74) is 0. The zero-order valence-electron chi connectivity index (χ0n) is 10.8. The molecule has 2 aliphatic heterocycles. The van der Waals surface area contributed by atoms with E-state index in [0.29, 0.717) is 0 Å². The molecule has 0 amide bonds. The molecular weight excluding hydrogens is 232 g/mol. The fourth-order valence-electron chi connectivity index (χ4n) is 1.97. The third-order valence-corrected chi connectivity index (χ3v) is 7.51. The molecule has 2 heterocycles. The molecule has 0 saturated carbocycles. The Kier molecular flexibility index (Phi) is 8.10. The molecule has 2 saturated heterocycles. The van der Waals surface area contributed by atoms with Gasteiger partial charge in [0.1, 0.15) is 0 Å². The van der Waals surface area contributed by atoms with Crippen molar-refractivity contribution >= 4 is 18.8 Å². The topological polar surface area (TPSA) is 18.5 Å². The van der Waals surface area contributed by atoms with Gasteiger partial charge in [0.25, 0.3) is 0 Å². The Morgan fingerprint density at radius 1 is 1.19 bits per heavy atom. The molecule has 94 valence electrons. The predicted octanol–water partition coefficient (Wildman–Crippen LogP) is 2.32. The fourth-order valence-corrected chi connectivity index (χ4v) is 5.51. The lowest BCUT2D eigenvalue weighted by Gasteiger charge is -2.21. The second-order valence-corrected chi connectivity index (χ2v) is 8.88. The molecule has 0 N–H and O–H groups in total. The van der Waals surface area contributed by atoms with Crippen molar-refractivity contribution in [3.8, 4) is 0 Å². The SMILES string of the molecule is C/C=C(\C)[SiH]1CCCCO1.C1CC[SiH2]OC1. The largest absolute Gasteiger partial charge is 0.424 e. The van der Waals surface area contributed by atoms with Crippen LogP contribution >= 0.6 is 0 Å². The smallest absolute Gasteiger partial charge is 0.203 e. The van der Waals surface area contributed by atoms with Gasteiger partial charge in [0.15, 0.2) is 9.76 Å². The Labute approximate surface area is 104 Å². The van der Waals surface area contributed by atoms with E-state index >= 15 is 0 Å². The van der Waals surface area contributed by atoms with E-state index in [1.165, 1.54) is 43.0 Å². The van der Waals surface area contributed by atoms with Gasteiger partial charge in [-0.25, -0.2) is 0 Å². The molecule has 2 fully saturated rings. The summed E-state index contributed by atoms with van der Waals surface area (Å²) >= 11 is 0. The first-order valence-electron chi connectivity index (χ1n) is 6.66. The average molecular weight is 259 g/mol. The Morgan fingerprint density at radius 2 is 2.00 bits per heavy atom. The van der Waals surface area contributed by atoms with E-state index in [9.17, 15) is 0 Å². The van der Waals surface area contributed by atoms with Crippen LogP contribution in [0, 0.1) is 0 Å². The van der Waals surface area contributed by atoms with Crippen LogP contribution in [0.15, 0.2) is 11.3 Å². The Morgan fingerprint density at radius 3 is 2.38 bits per heavy atom. The zero-order valence-corrected chi connectivity index (χ0v) is 13.4. The van der Waals surface area contributed by atoms with Gasteiger partial charge in [0.05, 0.1) is 0 Å². The Balaban J connectivity index is 0.000000181. The van der Waals surface area contributed by atoms with Gasteiger partial charge in [-0.1, -0.05) is 24.1 Å². The van der Waals surface area contributed by atoms with Crippen molar-refractivity contribution in [1.82, 2.24) is 0 Å². The zero-order chi connectivity index (χ0) is 11.6. The summed E-state index contributed by atoms with van der Waals surface area (Å²) in [7, 11) is -0.851. The first kappa shape index (κ1) is 14.2. The molecule has 0 aliphatic carbocycles. The molecule has 0 spiro atoms. The summed E-state index contributed by atoms with van der Waals surface area (Å²) in [6.45, 7) is 6.40. The monoisotopic (exact) mass is 258 g/mol. The predicted molar refractivity (Wildman–Crippen MR) is 75.1 cm³/mol. The Bertz CT molecular complexity index is 186. The minimum Gasteiger partial charge on any atom is -0.424 e. The lowest BCUT2D eigenvalue weighted by atomic mass is 10.4. The molecule has 0 aromatic carbocycles. The van der Waals surface area contributed by atoms with Gasteiger partial charge in [-0.15, -0.1) is 0 Å². The van der Waals surface area contributed by atoms with Gasteiger partial charge in [0, 0.05) is 13.2 Å². The number of allylic oxidation sites excluding steroid dienone is 2. The van der Waals surface area contributed by atoms with E-state index < -0.39 is 9.04 Å². The van der Waals surface area contributed by atoms with E-state index in [1.54, 1.807) is 0 Å². The molecule has 1 atom stereocenters. The first-order chi connectivity index (χ1) is 7.84. The second kappa shape index (κ2) is 9.16. The van der Waals surface area contributed by atoms with Crippen molar-refractivity contribution in [3.05, 3.63) is 11.3 Å². The summed E-state index contributed by atoms with van der Waals surface area (Å²) in [6, 6.07) is 2.77. The molecule has 1 unspecified atom stereocenters. The normalized spacial score (nSPS) is 28.4. The van der Waals surface area contributed by atoms with Gasteiger partial charge < -0.3 is 8.85 Å². The van der Waals surface area contributed by atoms with E-state index in [-0.39, 0.29) is 9.76 Å². The van der Waals surface area contributed by atoms with E-state index in [4.69, 9.17) is 8.85 Å². The number of hydrogen-bond donors (Lipinski definition) is 0. The van der Waals surface area contributed by atoms with Crippen LogP contribution in [-0.2, 0) is 8.85 Å². The summed E-state index contributed by atoms with van der Waals surface area (Å²) in [5, 5.41) is 1.53. The molecule has 2 aliphatic rings. The quantitative estimate of drug-likeness (QED) is 0.672. The van der Waals surface area contributed by atoms with Gasteiger partial charge >= 0.3 is 0 Å². The first-order valence-corrected chi connectivity index (χ1v) is 10.1. The van der Waals surface area contributed by atoms with Crippen molar-refractivity contribution in [3.63, 3.8) is 0 Å². The maximum Gasteiger partial charge on any atom is 0.203 e. The van der Waals surface area contributed by atoms with Crippen LogP contribution in [0.4, 0.5) is 0 Å². The van der Waals surface area contributed by atoms with Gasteiger partial charge in [0.2, 0.25) is 9.04 Å². The maximum atomic E-state index is 5.70. The summed E-state index contributed by atoms with van der Waals surface area (Å²) in [6.07, 6.45) is 7.63. The summed E-state index contributed by atoms with van der Waals surface area (Å²) in [4.78, 5) is 0. The van der Waals surface area contributed by atoms with Crippen molar-refractivity contribution < 1.29 is 8.85 Å². The lowest BCUT2D eigenvalue weighted by molar-refractivity contribution is 0.292. The van der Waals surface area contributed by atoms with Crippen molar-refractivity contribution in [1.29, 1.82) is 0 Å². The second-order valence-electron chi connectivity index (χ2n) is 4.56. The summed E-state index contributed by atoms with van der Waals surface area (Å²) in [5.74, 6) is 0. The lowest BCUT2D eigenvalue weighted by Crippen LogP contribution is -2.24. The molecule has 2 nitrogen and oxygen atoms in total. The van der Waals surface area contributed by atoms with Crippen LogP contribution in [0.25, 0.3) is 0 Å². The van der Waals surface area contributed by atoms with Gasteiger partial charge in [-0.05, 0) is 38.8 Å². The highest BCUT2D eigenvalue weighted by atomic mass is 28.3. The van der Waals surface area contributed by atoms with E-state index in [2.05, 4.69) is 19.9 Å². The highest BCUT2D eigenvalue weighted by Crippen LogP contribution is 2.16. The molecule has 4 heteroatoms. The summed E-state index contributed by atoms with van der Waals surface area (Å²) < 4.78 is 10.9. The van der Waals surface area contributed by atoms with Gasteiger partial charge in [-0.2, -0.15) is 0 Å². The van der Waals surface area contributed by atoms with E-state index in [0.717, 1.165) is 13.2 Å². The fraction of sp³-hybridized carbons (Fsp3) is 0.833.